The molecule has 2 aromatic rings. The summed E-state index contributed by atoms with van der Waals surface area (Å²) in [7, 11) is 0. The van der Waals surface area contributed by atoms with Gasteiger partial charge in [-0.25, -0.2) is 0 Å². The van der Waals surface area contributed by atoms with Gasteiger partial charge in [-0.3, -0.25) is 9.59 Å². The SMILES string of the molecule is CC(=O)N1CCC[C@H]1C(=O)N(Cc1ccoc1)c1ccccc1. The fourth-order valence-electron chi connectivity index (χ4n) is 3.05. The van der Waals surface area contributed by atoms with Crippen molar-refractivity contribution in [2.75, 3.05) is 11.4 Å². The van der Waals surface area contributed by atoms with E-state index in [2.05, 4.69) is 0 Å². The number of nitrogens with zero attached hydrogens (tertiary/aromatic N) is 2. The number of carbonyl (C=O) groups is 2. The lowest BCUT2D eigenvalue weighted by molar-refractivity contribution is -0.135. The van der Waals surface area contributed by atoms with Crippen molar-refractivity contribution >= 4 is 17.5 Å². The summed E-state index contributed by atoms with van der Waals surface area (Å²) in [6.45, 7) is 2.61. The van der Waals surface area contributed by atoms with Crippen molar-refractivity contribution in [2.45, 2.75) is 32.4 Å². The lowest BCUT2D eigenvalue weighted by atomic mass is 10.1. The van der Waals surface area contributed by atoms with Gasteiger partial charge in [-0.05, 0) is 31.0 Å². The number of likely N-dealkylation sites (tertiary alicyclic amines) is 1. The Kier molecular flexibility index (Phi) is 4.46. The van der Waals surface area contributed by atoms with Gasteiger partial charge < -0.3 is 14.2 Å². The molecule has 1 aromatic heterocycles. The van der Waals surface area contributed by atoms with Crippen LogP contribution >= 0.6 is 0 Å². The number of benzene rings is 1. The molecule has 5 heteroatoms. The lowest BCUT2D eigenvalue weighted by Gasteiger charge is -2.29. The van der Waals surface area contributed by atoms with Gasteiger partial charge in [-0.15, -0.1) is 0 Å². The zero-order valence-electron chi connectivity index (χ0n) is 13.1. The van der Waals surface area contributed by atoms with Crippen LogP contribution in [0.25, 0.3) is 0 Å². The van der Waals surface area contributed by atoms with E-state index in [9.17, 15) is 9.59 Å². The maximum Gasteiger partial charge on any atom is 0.250 e. The third-order valence-electron chi connectivity index (χ3n) is 4.20. The predicted molar refractivity (Wildman–Crippen MR) is 86.7 cm³/mol. The molecule has 0 unspecified atom stereocenters. The number of amides is 2. The van der Waals surface area contributed by atoms with E-state index < -0.39 is 0 Å². The standard InChI is InChI=1S/C18H20N2O3/c1-14(21)19-10-5-8-17(19)18(22)20(12-15-9-11-23-13-15)16-6-3-2-4-7-16/h2-4,6-7,9,11,13,17H,5,8,10,12H2,1H3/t17-/m0/s1. The Bertz CT molecular complexity index is 667. The van der Waals surface area contributed by atoms with Gasteiger partial charge in [0.05, 0.1) is 19.1 Å². The zero-order chi connectivity index (χ0) is 16.2. The number of carbonyl (C=O) groups excluding carboxylic acids is 2. The van der Waals surface area contributed by atoms with Crippen LogP contribution in [0.1, 0.15) is 25.3 Å². The van der Waals surface area contributed by atoms with Crippen LogP contribution in [0.4, 0.5) is 5.69 Å². The number of anilines is 1. The highest BCUT2D eigenvalue weighted by molar-refractivity contribution is 5.99. The fourth-order valence-corrected chi connectivity index (χ4v) is 3.05. The predicted octanol–water partition coefficient (Wildman–Crippen LogP) is 2.82. The van der Waals surface area contributed by atoms with E-state index in [1.165, 1.54) is 6.92 Å². The molecule has 2 heterocycles. The quantitative estimate of drug-likeness (QED) is 0.872. The van der Waals surface area contributed by atoms with Gasteiger partial charge in [0.25, 0.3) is 0 Å². The van der Waals surface area contributed by atoms with Crippen LogP contribution in [0.3, 0.4) is 0 Å². The van der Waals surface area contributed by atoms with Crippen molar-refractivity contribution in [3.05, 3.63) is 54.5 Å². The van der Waals surface area contributed by atoms with E-state index in [0.29, 0.717) is 19.5 Å². The van der Waals surface area contributed by atoms with Gasteiger partial charge in [0.15, 0.2) is 0 Å². The van der Waals surface area contributed by atoms with Gasteiger partial charge in [0, 0.05) is 24.7 Å². The zero-order valence-corrected chi connectivity index (χ0v) is 13.1. The Morgan fingerprint density at radius 1 is 1.26 bits per heavy atom. The van der Waals surface area contributed by atoms with E-state index in [0.717, 1.165) is 17.7 Å². The number of furan rings is 1. The highest BCUT2D eigenvalue weighted by atomic mass is 16.3. The lowest BCUT2D eigenvalue weighted by Crippen LogP contribution is -2.47. The Morgan fingerprint density at radius 3 is 2.70 bits per heavy atom. The Labute approximate surface area is 135 Å². The van der Waals surface area contributed by atoms with Gasteiger partial charge in [-0.2, -0.15) is 0 Å². The molecular formula is C18H20N2O3. The van der Waals surface area contributed by atoms with Gasteiger partial charge >= 0.3 is 0 Å². The number of hydrogen-bond donors (Lipinski definition) is 0. The molecule has 1 fully saturated rings. The van der Waals surface area contributed by atoms with Crippen molar-refractivity contribution in [1.82, 2.24) is 4.90 Å². The van der Waals surface area contributed by atoms with E-state index >= 15 is 0 Å². The third kappa shape index (κ3) is 3.28. The van der Waals surface area contributed by atoms with E-state index in [1.54, 1.807) is 22.3 Å². The molecule has 0 aliphatic carbocycles. The molecular weight excluding hydrogens is 292 g/mol. The summed E-state index contributed by atoms with van der Waals surface area (Å²) in [5, 5.41) is 0. The second-order valence-corrected chi connectivity index (χ2v) is 5.76. The summed E-state index contributed by atoms with van der Waals surface area (Å²) >= 11 is 0. The number of para-hydroxylation sites is 1. The van der Waals surface area contributed by atoms with Crippen molar-refractivity contribution < 1.29 is 14.0 Å². The smallest absolute Gasteiger partial charge is 0.250 e. The molecule has 1 aromatic carbocycles. The summed E-state index contributed by atoms with van der Waals surface area (Å²) in [4.78, 5) is 28.3. The van der Waals surface area contributed by atoms with Gasteiger partial charge in [0.1, 0.15) is 6.04 Å². The first-order valence-corrected chi connectivity index (χ1v) is 7.81. The second-order valence-electron chi connectivity index (χ2n) is 5.76. The average molecular weight is 312 g/mol. The highest BCUT2D eigenvalue weighted by Gasteiger charge is 2.35. The Balaban J connectivity index is 1.88. The largest absolute Gasteiger partial charge is 0.472 e. The molecule has 1 saturated heterocycles. The van der Waals surface area contributed by atoms with Crippen LogP contribution in [0.15, 0.2) is 53.3 Å². The van der Waals surface area contributed by atoms with Crippen molar-refractivity contribution in [3.8, 4) is 0 Å². The first kappa shape index (κ1) is 15.3. The average Bonchev–Trinajstić information content (AvgIpc) is 3.24. The van der Waals surface area contributed by atoms with Crippen LogP contribution in [0.5, 0.6) is 0 Å². The first-order valence-electron chi connectivity index (χ1n) is 7.81. The van der Waals surface area contributed by atoms with E-state index in [-0.39, 0.29) is 17.9 Å². The highest BCUT2D eigenvalue weighted by Crippen LogP contribution is 2.24. The monoisotopic (exact) mass is 312 g/mol. The maximum absolute atomic E-state index is 13.1. The summed E-state index contributed by atoms with van der Waals surface area (Å²) in [6, 6.07) is 11.0. The third-order valence-corrected chi connectivity index (χ3v) is 4.20. The summed E-state index contributed by atoms with van der Waals surface area (Å²) in [6.07, 6.45) is 4.82. The van der Waals surface area contributed by atoms with Crippen molar-refractivity contribution in [2.24, 2.45) is 0 Å². The Morgan fingerprint density at radius 2 is 2.04 bits per heavy atom. The van der Waals surface area contributed by atoms with Crippen LogP contribution < -0.4 is 4.90 Å². The normalized spacial score (nSPS) is 17.3. The van der Waals surface area contributed by atoms with E-state index in [4.69, 9.17) is 4.42 Å². The van der Waals surface area contributed by atoms with Crippen LogP contribution in [-0.4, -0.2) is 29.3 Å². The molecule has 0 bridgehead atoms. The number of hydrogen-bond acceptors (Lipinski definition) is 3. The van der Waals surface area contributed by atoms with Crippen LogP contribution in [0, 0.1) is 0 Å². The Hall–Kier alpha value is -2.56. The van der Waals surface area contributed by atoms with Gasteiger partial charge in [0.2, 0.25) is 11.8 Å². The summed E-state index contributed by atoms with van der Waals surface area (Å²) < 4.78 is 5.11. The van der Waals surface area contributed by atoms with Crippen LogP contribution in [-0.2, 0) is 16.1 Å². The molecule has 120 valence electrons. The van der Waals surface area contributed by atoms with Gasteiger partial charge in [-0.1, -0.05) is 18.2 Å². The minimum Gasteiger partial charge on any atom is -0.472 e. The molecule has 0 spiro atoms. The first-order chi connectivity index (χ1) is 11.2. The maximum atomic E-state index is 13.1. The fraction of sp³-hybridized carbons (Fsp3) is 0.333. The van der Waals surface area contributed by atoms with E-state index in [1.807, 2.05) is 36.4 Å². The molecule has 5 nitrogen and oxygen atoms in total. The summed E-state index contributed by atoms with van der Waals surface area (Å²) in [5.41, 5.74) is 1.75. The molecule has 0 radical (unpaired) electrons. The van der Waals surface area contributed by atoms with Crippen molar-refractivity contribution in [1.29, 1.82) is 0 Å². The molecule has 1 atom stereocenters. The molecule has 3 rings (SSSR count). The molecule has 23 heavy (non-hydrogen) atoms. The molecule has 1 aliphatic heterocycles. The second kappa shape index (κ2) is 6.69. The molecule has 1 aliphatic rings. The molecule has 2 amide bonds. The molecule has 0 N–H and O–H groups in total. The van der Waals surface area contributed by atoms with Crippen LogP contribution in [0.2, 0.25) is 0 Å². The summed E-state index contributed by atoms with van der Waals surface area (Å²) in [5.74, 6) is -0.0812. The van der Waals surface area contributed by atoms with Crippen molar-refractivity contribution in [3.63, 3.8) is 0 Å². The topological polar surface area (TPSA) is 53.8 Å². The molecule has 0 saturated carbocycles. The number of rotatable bonds is 4. The minimum atomic E-state index is -0.375. The minimum absolute atomic E-state index is 0.0369.